The van der Waals surface area contributed by atoms with E-state index < -0.39 is 5.97 Å². The van der Waals surface area contributed by atoms with E-state index in [0.29, 0.717) is 13.0 Å². The zero-order chi connectivity index (χ0) is 14.8. The minimum absolute atomic E-state index is 0.162. The Balaban J connectivity index is 1.97. The number of aryl methyl sites for hydroxylation is 2. The van der Waals surface area contributed by atoms with Crippen molar-refractivity contribution < 1.29 is 19.4 Å². The SMILES string of the molecule is CCCc1nc2cc3c(cc2n1CCCC(=O)O)OCO3. The van der Waals surface area contributed by atoms with Crippen molar-refractivity contribution in [2.24, 2.45) is 0 Å². The van der Waals surface area contributed by atoms with Gasteiger partial charge in [0, 0.05) is 31.5 Å². The number of benzene rings is 1. The quantitative estimate of drug-likeness (QED) is 0.885. The Morgan fingerprint density at radius 1 is 1.38 bits per heavy atom. The third-order valence-electron chi connectivity index (χ3n) is 3.57. The molecule has 0 fully saturated rings. The van der Waals surface area contributed by atoms with E-state index >= 15 is 0 Å². The third-order valence-corrected chi connectivity index (χ3v) is 3.57. The molecule has 0 radical (unpaired) electrons. The number of hydrogen-bond donors (Lipinski definition) is 1. The Hall–Kier alpha value is -2.24. The second kappa shape index (κ2) is 5.63. The zero-order valence-electron chi connectivity index (χ0n) is 12.0. The van der Waals surface area contributed by atoms with Crippen molar-refractivity contribution >= 4 is 17.0 Å². The van der Waals surface area contributed by atoms with Crippen LogP contribution in [0.1, 0.15) is 32.0 Å². The molecule has 1 aliphatic heterocycles. The lowest BCUT2D eigenvalue weighted by Crippen LogP contribution is -2.06. The first-order valence-corrected chi connectivity index (χ1v) is 7.19. The third kappa shape index (κ3) is 2.66. The van der Waals surface area contributed by atoms with Gasteiger partial charge in [-0.15, -0.1) is 0 Å². The van der Waals surface area contributed by atoms with Crippen LogP contribution in [0, 0.1) is 0 Å². The molecule has 1 aromatic carbocycles. The first-order valence-electron chi connectivity index (χ1n) is 7.19. The molecule has 0 spiro atoms. The predicted molar refractivity (Wildman–Crippen MR) is 76.7 cm³/mol. The molecule has 1 aliphatic rings. The molecule has 0 saturated carbocycles. The number of carbonyl (C=O) groups is 1. The Labute approximate surface area is 122 Å². The monoisotopic (exact) mass is 290 g/mol. The summed E-state index contributed by atoms with van der Waals surface area (Å²) in [6, 6.07) is 3.83. The molecular weight excluding hydrogens is 272 g/mol. The fourth-order valence-corrected chi connectivity index (χ4v) is 2.62. The lowest BCUT2D eigenvalue weighted by molar-refractivity contribution is -0.137. The topological polar surface area (TPSA) is 73.6 Å². The van der Waals surface area contributed by atoms with Gasteiger partial charge < -0.3 is 19.1 Å². The van der Waals surface area contributed by atoms with E-state index in [4.69, 9.17) is 14.6 Å². The predicted octanol–water partition coefficient (Wildman–Crippen LogP) is 2.58. The molecule has 0 atom stereocenters. The van der Waals surface area contributed by atoms with Crippen LogP contribution in [0.5, 0.6) is 11.5 Å². The minimum Gasteiger partial charge on any atom is -0.481 e. The Morgan fingerprint density at radius 2 is 2.14 bits per heavy atom. The number of rotatable bonds is 6. The van der Waals surface area contributed by atoms with Gasteiger partial charge in [0.1, 0.15) is 5.82 Å². The number of fused-ring (bicyclic) bond motifs is 2. The van der Waals surface area contributed by atoms with Gasteiger partial charge in [0.05, 0.1) is 11.0 Å². The molecule has 21 heavy (non-hydrogen) atoms. The summed E-state index contributed by atoms with van der Waals surface area (Å²) >= 11 is 0. The van der Waals surface area contributed by atoms with Gasteiger partial charge in [0.15, 0.2) is 11.5 Å². The number of ether oxygens (including phenoxy) is 2. The summed E-state index contributed by atoms with van der Waals surface area (Å²) in [4.78, 5) is 15.4. The molecular formula is C15H18N2O4. The normalized spacial score (nSPS) is 13.0. The van der Waals surface area contributed by atoms with Crippen LogP contribution in [0.15, 0.2) is 12.1 Å². The van der Waals surface area contributed by atoms with Crippen LogP contribution in [0.4, 0.5) is 0 Å². The summed E-state index contributed by atoms with van der Waals surface area (Å²) in [5, 5.41) is 8.79. The molecule has 1 N–H and O–H groups in total. The number of hydrogen-bond acceptors (Lipinski definition) is 4. The molecule has 2 aromatic rings. The molecule has 0 amide bonds. The maximum atomic E-state index is 10.7. The number of nitrogens with zero attached hydrogens (tertiary/aromatic N) is 2. The van der Waals surface area contributed by atoms with Crippen LogP contribution < -0.4 is 9.47 Å². The van der Waals surface area contributed by atoms with Crippen molar-refractivity contribution in [3.05, 3.63) is 18.0 Å². The summed E-state index contributed by atoms with van der Waals surface area (Å²) in [6.45, 7) is 2.99. The highest BCUT2D eigenvalue weighted by atomic mass is 16.7. The molecule has 2 heterocycles. The molecule has 0 saturated heterocycles. The first-order chi connectivity index (χ1) is 10.2. The number of aromatic nitrogens is 2. The second-order valence-corrected chi connectivity index (χ2v) is 5.12. The van der Waals surface area contributed by atoms with Crippen LogP contribution >= 0.6 is 0 Å². The maximum absolute atomic E-state index is 10.7. The number of aliphatic carboxylic acids is 1. The van der Waals surface area contributed by atoms with E-state index in [-0.39, 0.29) is 13.2 Å². The van der Waals surface area contributed by atoms with E-state index in [1.807, 2.05) is 12.1 Å². The molecule has 3 rings (SSSR count). The largest absolute Gasteiger partial charge is 0.481 e. The molecule has 112 valence electrons. The van der Waals surface area contributed by atoms with Gasteiger partial charge in [-0.3, -0.25) is 4.79 Å². The lowest BCUT2D eigenvalue weighted by Gasteiger charge is -2.08. The highest BCUT2D eigenvalue weighted by Gasteiger charge is 2.18. The Morgan fingerprint density at radius 3 is 2.86 bits per heavy atom. The van der Waals surface area contributed by atoms with Gasteiger partial charge in [-0.25, -0.2) is 4.98 Å². The average Bonchev–Trinajstić information content (AvgIpc) is 3.01. The van der Waals surface area contributed by atoms with Crippen molar-refractivity contribution in [1.29, 1.82) is 0 Å². The Kier molecular flexibility index (Phi) is 3.68. The summed E-state index contributed by atoms with van der Waals surface area (Å²) in [5.74, 6) is 1.67. The van der Waals surface area contributed by atoms with E-state index in [1.165, 1.54) is 0 Å². The lowest BCUT2D eigenvalue weighted by atomic mass is 10.2. The maximum Gasteiger partial charge on any atom is 0.303 e. The van der Waals surface area contributed by atoms with Gasteiger partial charge in [-0.05, 0) is 12.8 Å². The molecule has 6 nitrogen and oxygen atoms in total. The van der Waals surface area contributed by atoms with Crippen molar-refractivity contribution in [2.45, 2.75) is 39.2 Å². The highest BCUT2D eigenvalue weighted by Crippen LogP contribution is 2.36. The fourth-order valence-electron chi connectivity index (χ4n) is 2.62. The number of carboxylic acids is 1. The van der Waals surface area contributed by atoms with E-state index in [1.54, 1.807) is 0 Å². The van der Waals surface area contributed by atoms with Crippen LogP contribution in [0.3, 0.4) is 0 Å². The molecule has 0 bridgehead atoms. The van der Waals surface area contributed by atoms with E-state index in [2.05, 4.69) is 16.5 Å². The van der Waals surface area contributed by atoms with Crippen LogP contribution in [-0.2, 0) is 17.8 Å². The second-order valence-electron chi connectivity index (χ2n) is 5.12. The smallest absolute Gasteiger partial charge is 0.303 e. The van der Waals surface area contributed by atoms with Crippen molar-refractivity contribution in [2.75, 3.05) is 6.79 Å². The van der Waals surface area contributed by atoms with E-state index in [0.717, 1.165) is 41.2 Å². The molecule has 1 aromatic heterocycles. The summed E-state index contributed by atoms with van der Waals surface area (Å²) < 4.78 is 12.9. The molecule has 0 unspecified atom stereocenters. The van der Waals surface area contributed by atoms with Gasteiger partial charge in [-0.1, -0.05) is 6.92 Å². The molecule has 6 heteroatoms. The van der Waals surface area contributed by atoms with Gasteiger partial charge in [0.25, 0.3) is 0 Å². The number of imidazole rings is 1. The summed E-state index contributed by atoms with van der Waals surface area (Å²) in [5.41, 5.74) is 1.85. The van der Waals surface area contributed by atoms with Crippen molar-refractivity contribution in [3.63, 3.8) is 0 Å². The van der Waals surface area contributed by atoms with Crippen molar-refractivity contribution in [3.8, 4) is 11.5 Å². The standard InChI is InChI=1S/C15H18N2O4/c1-2-4-14-16-10-7-12-13(21-9-20-12)8-11(10)17(14)6-3-5-15(18)19/h7-8H,2-6,9H2,1H3,(H,18,19). The average molecular weight is 290 g/mol. The van der Waals surface area contributed by atoms with Gasteiger partial charge in [0.2, 0.25) is 6.79 Å². The summed E-state index contributed by atoms with van der Waals surface area (Å²) in [6.07, 6.45) is 2.62. The highest BCUT2D eigenvalue weighted by molar-refractivity contribution is 5.81. The fraction of sp³-hybridized carbons (Fsp3) is 0.467. The summed E-state index contributed by atoms with van der Waals surface area (Å²) in [7, 11) is 0. The Bertz CT molecular complexity index is 678. The van der Waals surface area contributed by atoms with Gasteiger partial charge in [-0.2, -0.15) is 0 Å². The number of carboxylic acid groups (broad SMARTS) is 1. The zero-order valence-corrected chi connectivity index (χ0v) is 12.0. The van der Waals surface area contributed by atoms with Crippen LogP contribution in [0.2, 0.25) is 0 Å². The van der Waals surface area contributed by atoms with Gasteiger partial charge >= 0.3 is 5.97 Å². The van der Waals surface area contributed by atoms with Crippen LogP contribution in [0.25, 0.3) is 11.0 Å². The van der Waals surface area contributed by atoms with Crippen LogP contribution in [-0.4, -0.2) is 27.4 Å². The van der Waals surface area contributed by atoms with Crippen molar-refractivity contribution in [1.82, 2.24) is 9.55 Å². The first kappa shape index (κ1) is 13.7. The minimum atomic E-state index is -0.769. The molecule has 0 aliphatic carbocycles. The van der Waals surface area contributed by atoms with E-state index in [9.17, 15) is 4.79 Å².